The minimum atomic E-state index is -0.489. The number of benzene rings is 2. The summed E-state index contributed by atoms with van der Waals surface area (Å²) in [6.07, 6.45) is 0. The number of nitro groups is 1. The van der Waals surface area contributed by atoms with Crippen molar-refractivity contribution in [2.75, 3.05) is 25.0 Å². The maximum atomic E-state index is 10.9. The molecule has 0 aliphatic rings. The third kappa shape index (κ3) is 4.55. The van der Waals surface area contributed by atoms with Crippen LogP contribution in [0.3, 0.4) is 0 Å². The van der Waals surface area contributed by atoms with Gasteiger partial charge in [0, 0.05) is 17.7 Å². The maximum absolute atomic E-state index is 10.9. The Labute approximate surface area is 147 Å². The van der Waals surface area contributed by atoms with E-state index in [2.05, 4.69) is 31.3 Å². The number of quaternary nitrogens is 1. The molecule has 0 saturated carbocycles. The monoisotopic (exact) mass is 339 g/mol. The van der Waals surface area contributed by atoms with Crippen LogP contribution in [-0.4, -0.2) is 24.6 Å². The van der Waals surface area contributed by atoms with Gasteiger partial charge >= 0.3 is 0 Å². The van der Waals surface area contributed by atoms with Gasteiger partial charge in [0.15, 0.2) is 0 Å². The predicted molar refractivity (Wildman–Crippen MR) is 97.5 cm³/mol. The van der Waals surface area contributed by atoms with E-state index in [4.69, 9.17) is 0 Å². The average molecular weight is 339 g/mol. The zero-order chi connectivity index (χ0) is 18.2. The number of nitrogens with zero attached hydrogens (tertiary/aromatic N) is 2. The summed E-state index contributed by atoms with van der Waals surface area (Å²) in [7, 11) is 0. The van der Waals surface area contributed by atoms with Crippen molar-refractivity contribution in [3.05, 3.63) is 69.8 Å². The molecule has 2 aromatic carbocycles. The molecule has 0 aliphatic carbocycles. The molecule has 1 atom stereocenters. The zero-order valence-electron chi connectivity index (χ0n) is 14.5. The van der Waals surface area contributed by atoms with Crippen LogP contribution in [0, 0.1) is 21.4 Å². The Morgan fingerprint density at radius 3 is 2.44 bits per heavy atom. The molecule has 0 radical (unpaired) electrons. The molecule has 25 heavy (non-hydrogen) atoms. The van der Waals surface area contributed by atoms with Crippen LogP contribution in [0.1, 0.15) is 31.0 Å². The van der Waals surface area contributed by atoms with Crippen molar-refractivity contribution in [2.24, 2.45) is 0 Å². The largest absolute Gasteiger partial charge is 0.378 e. The van der Waals surface area contributed by atoms with Crippen molar-refractivity contribution in [3.8, 4) is 6.07 Å². The summed E-state index contributed by atoms with van der Waals surface area (Å²) in [4.78, 5) is 11.8. The normalized spacial score (nSPS) is 11.8. The Morgan fingerprint density at radius 2 is 1.88 bits per heavy atom. The predicted octanol–water partition coefficient (Wildman–Crippen LogP) is 2.54. The molecule has 0 aliphatic heterocycles. The number of anilines is 1. The number of non-ortho nitro benzene ring substituents is 1. The molecule has 0 fully saturated rings. The van der Waals surface area contributed by atoms with E-state index < -0.39 is 4.92 Å². The summed E-state index contributed by atoms with van der Waals surface area (Å²) in [5.74, 6) is 0. The Morgan fingerprint density at radius 1 is 1.20 bits per heavy atom. The lowest BCUT2D eigenvalue weighted by Gasteiger charge is -2.27. The first kappa shape index (κ1) is 18.4. The highest BCUT2D eigenvalue weighted by atomic mass is 16.6. The smallest absolute Gasteiger partial charge is 0.270 e. The van der Waals surface area contributed by atoms with Crippen LogP contribution in [0.2, 0.25) is 0 Å². The summed E-state index contributed by atoms with van der Waals surface area (Å²) >= 11 is 0. The number of hydrogen-bond acceptors (Lipinski definition) is 4. The van der Waals surface area contributed by atoms with E-state index >= 15 is 0 Å². The molecule has 6 nitrogen and oxygen atoms in total. The van der Waals surface area contributed by atoms with Gasteiger partial charge < -0.3 is 10.2 Å². The van der Waals surface area contributed by atoms with E-state index in [1.807, 2.05) is 24.3 Å². The second-order valence-corrected chi connectivity index (χ2v) is 5.81. The molecule has 2 N–H and O–H groups in total. The van der Waals surface area contributed by atoms with Crippen LogP contribution in [0.5, 0.6) is 0 Å². The summed E-state index contributed by atoms with van der Waals surface area (Å²) in [5, 5.41) is 23.5. The van der Waals surface area contributed by atoms with E-state index in [9.17, 15) is 15.4 Å². The average Bonchev–Trinajstić information content (AvgIpc) is 2.65. The molecule has 2 rings (SSSR count). The third-order valence-corrected chi connectivity index (χ3v) is 4.43. The lowest BCUT2D eigenvalue weighted by Crippen LogP contribution is -3.12. The molecule has 130 valence electrons. The molecule has 0 spiro atoms. The lowest BCUT2D eigenvalue weighted by atomic mass is 10.0. The first-order valence-electron chi connectivity index (χ1n) is 8.42. The van der Waals surface area contributed by atoms with Gasteiger partial charge in [-0.1, -0.05) is 30.3 Å². The third-order valence-electron chi connectivity index (χ3n) is 4.43. The van der Waals surface area contributed by atoms with Gasteiger partial charge in [-0.25, -0.2) is 0 Å². The molecular weight excluding hydrogens is 316 g/mol. The highest BCUT2D eigenvalue weighted by molar-refractivity contribution is 5.61. The van der Waals surface area contributed by atoms with E-state index in [1.54, 1.807) is 6.07 Å². The van der Waals surface area contributed by atoms with Crippen LogP contribution in [0.25, 0.3) is 0 Å². The van der Waals surface area contributed by atoms with Gasteiger partial charge in [-0.15, -0.1) is 0 Å². The van der Waals surface area contributed by atoms with Crippen molar-refractivity contribution < 1.29 is 9.82 Å². The second kappa shape index (κ2) is 8.81. The van der Waals surface area contributed by atoms with Crippen molar-refractivity contribution in [3.63, 3.8) is 0 Å². The molecular formula is C19H23N4O2+. The van der Waals surface area contributed by atoms with E-state index in [-0.39, 0.29) is 17.3 Å². The Kier molecular flexibility index (Phi) is 6.49. The lowest BCUT2D eigenvalue weighted by molar-refractivity contribution is -0.926. The molecule has 0 bridgehead atoms. The molecule has 6 heteroatoms. The van der Waals surface area contributed by atoms with Crippen LogP contribution < -0.4 is 10.2 Å². The summed E-state index contributed by atoms with van der Waals surface area (Å²) < 4.78 is 0. The minimum absolute atomic E-state index is 0.0731. The number of nitro benzene ring substituents is 1. The number of hydrogen-bond donors (Lipinski definition) is 2. The van der Waals surface area contributed by atoms with Gasteiger partial charge in [-0.3, -0.25) is 10.1 Å². The molecule has 2 aromatic rings. The topological polar surface area (TPSA) is 83.4 Å². The molecule has 0 heterocycles. The van der Waals surface area contributed by atoms with Gasteiger partial charge in [0.25, 0.3) is 5.69 Å². The highest BCUT2D eigenvalue weighted by Crippen LogP contribution is 2.22. The molecule has 0 aromatic heterocycles. The highest BCUT2D eigenvalue weighted by Gasteiger charge is 2.22. The maximum Gasteiger partial charge on any atom is 0.270 e. The fraction of sp³-hybridized carbons (Fsp3) is 0.316. The number of nitrogens with one attached hydrogen (secondary N) is 2. The fourth-order valence-corrected chi connectivity index (χ4v) is 3.03. The van der Waals surface area contributed by atoms with Gasteiger partial charge in [-0.05, 0) is 19.9 Å². The second-order valence-electron chi connectivity index (χ2n) is 5.81. The van der Waals surface area contributed by atoms with E-state index in [0.717, 1.165) is 13.1 Å². The van der Waals surface area contributed by atoms with E-state index in [0.29, 0.717) is 12.2 Å². The number of rotatable bonds is 8. The van der Waals surface area contributed by atoms with Crippen LogP contribution in [0.15, 0.2) is 48.5 Å². The van der Waals surface area contributed by atoms with Gasteiger partial charge in [0.1, 0.15) is 12.1 Å². The van der Waals surface area contributed by atoms with E-state index in [1.165, 1.54) is 22.6 Å². The SMILES string of the molecule is CC[NH+](CC)[C@H](CNc1ccc([N+](=O)[O-])cc1C#N)c1ccccc1. The molecule has 0 unspecified atom stereocenters. The minimum Gasteiger partial charge on any atom is -0.378 e. The molecule has 0 amide bonds. The first-order chi connectivity index (χ1) is 12.1. The molecule has 0 saturated heterocycles. The number of likely N-dealkylation sites (N-methyl/N-ethyl adjacent to an activating group) is 1. The fourth-order valence-electron chi connectivity index (χ4n) is 3.03. The Balaban J connectivity index is 2.23. The number of nitriles is 1. The Bertz CT molecular complexity index is 752. The van der Waals surface area contributed by atoms with Crippen molar-refractivity contribution in [1.29, 1.82) is 5.26 Å². The summed E-state index contributed by atoms with van der Waals surface area (Å²) in [5.41, 5.74) is 2.07. The van der Waals surface area contributed by atoms with Gasteiger partial charge in [0.2, 0.25) is 0 Å². The Hall–Kier alpha value is -2.91. The zero-order valence-corrected chi connectivity index (χ0v) is 14.5. The van der Waals surface area contributed by atoms with Crippen molar-refractivity contribution >= 4 is 11.4 Å². The van der Waals surface area contributed by atoms with Crippen LogP contribution >= 0.6 is 0 Å². The quantitative estimate of drug-likeness (QED) is 0.572. The summed E-state index contributed by atoms with van der Waals surface area (Å²) in [6.45, 7) is 6.93. The van der Waals surface area contributed by atoms with Gasteiger partial charge in [-0.2, -0.15) is 5.26 Å². The van der Waals surface area contributed by atoms with Gasteiger partial charge in [0.05, 0.1) is 35.8 Å². The van der Waals surface area contributed by atoms with Crippen LogP contribution in [0.4, 0.5) is 11.4 Å². The van der Waals surface area contributed by atoms with Crippen LogP contribution in [-0.2, 0) is 0 Å². The van der Waals surface area contributed by atoms with Crippen molar-refractivity contribution in [1.82, 2.24) is 0 Å². The summed E-state index contributed by atoms with van der Waals surface area (Å²) in [6, 6.07) is 16.9. The first-order valence-corrected chi connectivity index (χ1v) is 8.42. The standard InChI is InChI=1S/C19H22N4O2/c1-3-22(4-2)19(15-8-6-5-7-9-15)14-21-18-11-10-17(23(24)25)12-16(18)13-20/h5-12,19,21H,3-4,14H2,1-2H3/p+1/t19-/m1/s1. The van der Waals surface area contributed by atoms with Crippen molar-refractivity contribution in [2.45, 2.75) is 19.9 Å².